The average molecular weight is 400 g/mol. The quantitative estimate of drug-likeness (QED) is 0.480. The van der Waals surface area contributed by atoms with Gasteiger partial charge in [-0.3, -0.25) is 4.79 Å². The summed E-state index contributed by atoms with van der Waals surface area (Å²) < 4.78 is 19.0. The van der Waals surface area contributed by atoms with Gasteiger partial charge >= 0.3 is 5.97 Å². The maximum absolute atomic E-state index is 13.5. The predicted octanol–water partition coefficient (Wildman–Crippen LogP) is 2.94. The zero-order chi connectivity index (χ0) is 17.5. The number of methoxy groups -OCH3 is 1. The topological polar surface area (TPSA) is 53.9 Å². The van der Waals surface area contributed by atoms with E-state index >= 15 is 0 Å². The molecule has 1 fully saturated rings. The van der Waals surface area contributed by atoms with Gasteiger partial charge in [0.25, 0.3) is 0 Å². The second kappa shape index (κ2) is 9.01. The lowest BCUT2D eigenvalue weighted by atomic mass is 9.97. The number of carbonyl (C=O) groups is 1. The van der Waals surface area contributed by atoms with Gasteiger partial charge in [0, 0.05) is 24.1 Å². The maximum Gasteiger partial charge on any atom is 0.308 e. The molecule has 132 valence electrons. The summed E-state index contributed by atoms with van der Waals surface area (Å²) >= 11 is 3.30. The third-order valence-electron chi connectivity index (χ3n) is 4.00. The lowest BCUT2D eigenvalue weighted by Gasteiger charge is -2.33. The molecular weight excluding hydrogens is 377 g/mol. The van der Waals surface area contributed by atoms with Crippen LogP contribution in [0.5, 0.6) is 0 Å². The van der Waals surface area contributed by atoms with E-state index in [4.69, 9.17) is 4.74 Å². The van der Waals surface area contributed by atoms with E-state index < -0.39 is 0 Å². The number of halogens is 2. The number of ether oxygens (including phenoxy) is 1. The van der Waals surface area contributed by atoms with Crippen molar-refractivity contribution in [2.45, 2.75) is 26.3 Å². The highest BCUT2D eigenvalue weighted by atomic mass is 79.9. The molecule has 0 atom stereocenters. The number of guanidine groups is 1. The molecule has 0 saturated carbocycles. The Kier molecular flexibility index (Phi) is 7.02. The molecule has 1 aromatic rings. The fourth-order valence-corrected chi connectivity index (χ4v) is 3.30. The third kappa shape index (κ3) is 5.19. The minimum Gasteiger partial charge on any atom is -0.469 e. The van der Waals surface area contributed by atoms with Crippen LogP contribution in [0.4, 0.5) is 4.39 Å². The molecule has 1 aromatic carbocycles. The van der Waals surface area contributed by atoms with Crippen molar-refractivity contribution >= 4 is 27.9 Å². The van der Waals surface area contributed by atoms with Crippen LogP contribution in [0.3, 0.4) is 0 Å². The normalized spacial score (nSPS) is 16.2. The summed E-state index contributed by atoms with van der Waals surface area (Å²) in [5.41, 5.74) is 0.807. The summed E-state index contributed by atoms with van der Waals surface area (Å²) in [5, 5.41) is 3.26. The number of nitrogens with one attached hydrogen (secondary N) is 1. The molecule has 1 heterocycles. The second-order valence-corrected chi connectivity index (χ2v) is 6.65. The Morgan fingerprint density at radius 1 is 1.42 bits per heavy atom. The molecule has 1 saturated heterocycles. The fourth-order valence-electron chi connectivity index (χ4n) is 2.79. The van der Waals surface area contributed by atoms with E-state index in [1.54, 1.807) is 0 Å². The van der Waals surface area contributed by atoms with Crippen LogP contribution in [0.2, 0.25) is 0 Å². The molecule has 24 heavy (non-hydrogen) atoms. The molecule has 0 bridgehead atoms. The van der Waals surface area contributed by atoms with Crippen molar-refractivity contribution < 1.29 is 13.9 Å². The summed E-state index contributed by atoms with van der Waals surface area (Å²) in [6, 6.07) is 4.77. The van der Waals surface area contributed by atoms with Gasteiger partial charge < -0.3 is 15.0 Å². The Hall–Kier alpha value is -1.63. The van der Waals surface area contributed by atoms with E-state index in [1.807, 2.05) is 13.0 Å². The molecule has 0 unspecified atom stereocenters. The predicted molar refractivity (Wildman–Crippen MR) is 95.2 cm³/mol. The van der Waals surface area contributed by atoms with E-state index in [2.05, 4.69) is 31.1 Å². The molecule has 2 rings (SSSR count). The van der Waals surface area contributed by atoms with Gasteiger partial charge in [-0.15, -0.1) is 0 Å². The van der Waals surface area contributed by atoms with Gasteiger partial charge in [-0.2, -0.15) is 0 Å². The monoisotopic (exact) mass is 399 g/mol. The van der Waals surface area contributed by atoms with Crippen molar-refractivity contribution in [2.75, 3.05) is 26.7 Å². The van der Waals surface area contributed by atoms with E-state index in [9.17, 15) is 9.18 Å². The van der Waals surface area contributed by atoms with Crippen LogP contribution in [0.1, 0.15) is 25.3 Å². The summed E-state index contributed by atoms with van der Waals surface area (Å²) in [5.74, 6) is 0.342. The molecule has 1 aliphatic heterocycles. The van der Waals surface area contributed by atoms with Crippen LogP contribution < -0.4 is 5.32 Å². The standard InChI is InChI=1S/C17H23BrFN3O2/c1-3-20-17(21-11-12-8-14(18)10-15(19)9-12)22-6-4-13(5-7-22)16(23)24-2/h8-10,13H,3-7,11H2,1-2H3,(H,20,21). The molecule has 0 radical (unpaired) electrons. The molecule has 0 spiro atoms. The third-order valence-corrected chi connectivity index (χ3v) is 4.46. The van der Waals surface area contributed by atoms with Crippen LogP contribution in [-0.2, 0) is 16.1 Å². The Labute approximate surface area is 150 Å². The molecule has 0 aromatic heterocycles. The van der Waals surface area contributed by atoms with Crippen molar-refractivity contribution in [3.8, 4) is 0 Å². The summed E-state index contributed by atoms with van der Waals surface area (Å²) in [7, 11) is 1.43. The molecule has 1 aliphatic rings. The largest absolute Gasteiger partial charge is 0.469 e. The summed E-state index contributed by atoms with van der Waals surface area (Å²) in [4.78, 5) is 18.4. The van der Waals surface area contributed by atoms with Gasteiger partial charge in [-0.25, -0.2) is 9.38 Å². The number of piperidine rings is 1. The molecule has 1 N–H and O–H groups in total. The highest BCUT2D eigenvalue weighted by Gasteiger charge is 2.26. The summed E-state index contributed by atoms with van der Waals surface area (Å²) in [6.45, 7) is 4.66. The Morgan fingerprint density at radius 3 is 2.71 bits per heavy atom. The lowest BCUT2D eigenvalue weighted by molar-refractivity contribution is -0.146. The number of benzene rings is 1. The first-order valence-electron chi connectivity index (χ1n) is 8.09. The van der Waals surface area contributed by atoms with Crippen molar-refractivity contribution in [1.82, 2.24) is 10.2 Å². The van der Waals surface area contributed by atoms with Crippen LogP contribution in [0.15, 0.2) is 27.7 Å². The van der Waals surface area contributed by atoms with Crippen molar-refractivity contribution in [3.05, 3.63) is 34.1 Å². The van der Waals surface area contributed by atoms with E-state index in [0.29, 0.717) is 11.0 Å². The van der Waals surface area contributed by atoms with Gasteiger partial charge in [0.2, 0.25) is 0 Å². The molecule has 7 heteroatoms. The van der Waals surface area contributed by atoms with Crippen LogP contribution in [0.25, 0.3) is 0 Å². The van der Waals surface area contributed by atoms with Crippen molar-refractivity contribution in [1.29, 1.82) is 0 Å². The highest BCUT2D eigenvalue weighted by molar-refractivity contribution is 9.10. The highest BCUT2D eigenvalue weighted by Crippen LogP contribution is 2.19. The van der Waals surface area contributed by atoms with Crippen molar-refractivity contribution in [2.24, 2.45) is 10.9 Å². The number of hydrogen-bond donors (Lipinski definition) is 1. The van der Waals surface area contributed by atoms with Gasteiger partial charge in [-0.05, 0) is 43.5 Å². The van der Waals surface area contributed by atoms with Gasteiger partial charge in [0.05, 0.1) is 19.6 Å². The van der Waals surface area contributed by atoms with Gasteiger partial charge in [0.15, 0.2) is 5.96 Å². The van der Waals surface area contributed by atoms with Gasteiger partial charge in [0.1, 0.15) is 5.82 Å². The van der Waals surface area contributed by atoms with Crippen LogP contribution in [0, 0.1) is 11.7 Å². The molecule has 5 nitrogen and oxygen atoms in total. The van der Waals surface area contributed by atoms with Crippen molar-refractivity contribution in [3.63, 3.8) is 0 Å². The number of hydrogen-bond acceptors (Lipinski definition) is 3. The second-order valence-electron chi connectivity index (χ2n) is 5.73. The smallest absolute Gasteiger partial charge is 0.308 e. The number of rotatable bonds is 4. The number of likely N-dealkylation sites (tertiary alicyclic amines) is 1. The average Bonchev–Trinajstić information content (AvgIpc) is 2.57. The minimum atomic E-state index is -0.279. The zero-order valence-electron chi connectivity index (χ0n) is 14.0. The lowest BCUT2D eigenvalue weighted by Crippen LogP contribution is -2.46. The first-order chi connectivity index (χ1) is 11.5. The Balaban J connectivity index is 2.02. The first kappa shape index (κ1) is 18.7. The first-order valence-corrected chi connectivity index (χ1v) is 8.88. The Morgan fingerprint density at radius 2 is 2.12 bits per heavy atom. The number of esters is 1. The van der Waals surface area contributed by atoms with Crippen LogP contribution in [-0.4, -0.2) is 43.6 Å². The number of aliphatic imine (C=N–C) groups is 1. The minimum absolute atomic E-state index is 0.0340. The number of nitrogens with zero attached hydrogens (tertiary/aromatic N) is 2. The molecular formula is C17H23BrFN3O2. The van der Waals surface area contributed by atoms with E-state index in [1.165, 1.54) is 19.2 Å². The zero-order valence-corrected chi connectivity index (χ0v) is 15.6. The van der Waals surface area contributed by atoms with Gasteiger partial charge in [-0.1, -0.05) is 15.9 Å². The maximum atomic E-state index is 13.5. The van der Waals surface area contributed by atoms with Crippen LogP contribution >= 0.6 is 15.9 Å². The SMILES string of the molecule is CCNC(=NCc1cc(F)cc(Br)c1)N1CCC(C(=O)OC)CC1. The fraction of sp³-hybridized carbons (Fsp3) is 0.529. The van der Waals surface area contributed by atoms with E-state index in [0.717, 1.165) is 44.0 Å². The van der Waals surface area contributed by atoms with E-state index in [-0.39, 0.29) is 17.7 Å². The Bertz CT molecular complexity index is 581. The molecule has 0 aliphatic carbocycles. The summed E-state index contributed by atoms with van der Waals surface area (Å²) in [6.07, 6.45) is 1.51. The number of carbonyl (C=O) groups excluding carboxylic acids is 1. The molecule has 0 amide bonds.